The summed E-state index contributed by atoms with van der Waals surface area (Å²) in [5.41, 5.74) is 2.41. The molecule has 0 radical (unpaired) electrons. The third-order valence-corrected chi connectivity index (χ3v) is 3.72. The number of para-hydroxylation sites is 1. The van der Waals surface area contributed by atoms with Crippen LogP contribution in [-0.4, -0.2) is 19.6 Å². The highest BCUT2D eigenvalue weighted by Crippen LogP contribution is 2.26. The first-order chi connectivity index (χ1) is 12.0. The van der Waals surface area contributed by atoms with Crippen molar-refractivity contribution in [3.8, 4) is 5.75 Å². The molecule has 7 heteroatoms. The maximum Gasteiger partial charge on any atom is 0.573 e. The van der Waals surface area contributed by atoms with Crippen LogP contribution in [0.5, 0.6) is 5.75 Å². The summed E-state index contributed by atoms with van der Waals surface area (Å²) in [7, 11) is 0. The van der Waals surface area contributed by atoms with Crippen LogP contribution < -0.4 is 10.1 Å². The van der Waals surface area contributed by atoms with Gasteiger partial charge in [0.05, 0.1) is 13.2 Å². The standard InChI is InChI=1S/C18H18F3NO3/c19-18(20,21)25-16-4-2-1-3-15(16)12-22-11-13-5-7-14(8-6-13)17-23-9-10-24-17/h1-8,17,22H,9-12H2. The normalized spacial score (nSPS) is 15.5. The quantitative estimate of drug-likeness (QED) is 0.854. The number of hydrogen-bond donors (Lipinski definition) is 1. The van der Waals surface area contributed by atoms with E-state index in [-0.39, 0.29) is 18.6 Å². The summed E-state index contributed by atoms with van der Waals surface area (Å²) in [5.74, 6) is -0.187. The van der Waals surface area contributed by atoms with E-state index in [9.17, 15) is 13.2 Å². The van der Waals surface area contributed by atoms with Crippen molar-refractivity contribution >= 4 is 0 Å². The summed E-state index contributed by atoms with van der Waals surface area (Å²) in [6.45, 7) is 1.97. The molecule has 1 heterocycles. The Morgan fingerprint density at radius 3 is 2.32 bits per heavy atom. The van der Waals surface area contributed by atoms with Crippen molar-refractivity contribution in [1.82, 2.24) is 5.32 Å². The van der Waals surface area contributed by atoms with Crippen molar-refractivity contribution in [3.63, 3.8) is 0 Å². The lowest BCUT2D eigenvalue weighted by Gasteiger charge is -2.14. The number of hydrogen-bond acceptors (Lipinski definition) is 4. The predicted octanol–water partition coefficient (Wildman–Crippen LogP) is 3.92. The minimum absolute atomic E-state index is 0.187. The second-order valence-corrected chi connectivity index (χ2v) is 5.57. The van der Waals surface area contributed by atoms with E-state index in [1.54, 1.807) is 12.1 Å². The number of nitrogens with one attached hydrogen (secondary N) is 1. The van der Waals surface area contributed by atoms with Crippen LogP contribution in [0, 0.1) is 0 Å². The van der Waals surface area contributed by atoms with Gasteiger partial charge in [-0.05, 0) is 11.6 Å². The van der Waals surface area contributed by atoms with E-state index < -0.39 is 6.36 Å². The molecule has 0 amide bonds. The van der Waals surface area contributed by atoms with Gasteiger partial charge in [-0.15, -0.1) is 13.2 Å². The molecule has 134 valence electrons. The van der Waals surface area contributed by atoms with Crippen molar-refractivity contribution in [2.75, 3.05) is 13.2 Å². The van der Waals surface area contributed by atoms with Gasteiger partial charge in [-0.3, -0.25) is 0 Å². The lowest BCUT2D eigenvalue weighted by Crippen LogP contribution is -2.20. The Morgan fingerprint density at radius 2 is 1.64 bits per heavy atom. The number of halogens is 3. The zero-order valence-electron chi connectivity index (χ0n) is 13.4. The van der Waals surface area contributed by atoms with Gasteiger partial charge in [0.15, 0.2) is 6.29 Å². The van der Waals surface area contributed by atoms with Crippen LogP contribution in [0.3, 0.4) is 0 Å². The predicted molar refractivity (Wildman–Crippen MR) is 84.8 cm³/mol. The van der Waals surface area contributed by atoms with Gasteiger partial charge < -0.3 is 19.5 Å². The average molecular weight is 353 g/mol. The van der Waals surface area contributed by atoms with Gasteiger partial charge in [-0.2, -0.15) is 0 Å². The molecule has 0 unspecified atom stereocenters. The Kier molecular flexibility index (Phi) is 5.57. The van der Waals surface area contributed by atoms with Crippen LogP contribution in [0.15, 0.2) is 48.5 Å². The Balaban J connectivity index is 1.54. The van der Waals surface area contributed by atoms with Gasteiger partial charge in [-0.25, -0.2) is 0 Å². The SMILES string of the molecule is FC(F)(F)Oc1ccccc1CNCc1ccc(C2OCCO2)cc1. The van der Waals surface area contributed by atoms with E-state index in [2.05, 4.69) is 10.1 Å². The molecule has 0 saturated carbocycles. The fourth-order valence-electron chi connectivity index (χ4n) is 2.56. The van der Waals surface area contributed by atoms with Crippen LogP contribution in [-0.2, 0) is 22.6 Å². The van der Waals surface area contributed by atoms with Crippen molar-refractivity contribution in [1.29, 1.82) is 0 Å². The summed E-state index contributed by atoms with van der Waals surface area (Å²) >= 11 is 0. The van der Waals surface area contributed by atoms with Crippen molar-refractivity contribution in [3.05, 3.63) is 65.2 Å². The third-order valence-electron chi connectivity index (χ3n) is 3.72. The highest BCUT2D eigenvalue weighted by molar-refractivity contribution is 5.33. The molecule has 0 aromatic heterocycles. The summed E-state index contributed by atoms with van der Waals surface area (Å²) in [6, 6.07) is 13.8. The minimum atomic E-state index is -4.70. The molecule has 0 aliphatic carbocycles. The lowest BCUT2D eigenvalue weighted by atomic mass is 10.1. The molecule has 25 heavy (non-hydrogen) atoms. The number of alkyl halides is 3. The fourth-order valence-corrected chi connectivity index (χ4v) is 2.56. The molecule has 1 fully saturated rings. The Bertz CT molecular complexity index is 683. The second-order valence-electron chi connectivity index (χ2n) is 5.57. The maximum absolute atomic E-state index is 12.4. The molecular formula is C18H18F3NO3. The van der Waals surface area contributed by atoms with Gasteiger partial charge >= 0.3 is 6.36 Å². The Morgan fingerprint density at radius 1 is 0.960 bits per heavy atom. The van der Waals surface area contributed by atoms with Crippen molar-refractivity contribution in [2.24, 2.45) is 0 Å². The molecular weight excluding hydrogens is 335 g/mol. The number of rotatable bonds is 6. The number of benzene rings is 2. The molecule has 1 aliphatic rings. The van der Waals surface area contributed by atoms with Gasteiger partial charge in [0, 0.05) is 24.2 Å². The van der Waals surface area contributed by atoms with E-state index in [0.29, 0.717) is 25.3 Å². The first kappa shape index (κ1) is 17.7. The Labute approximate surface area is 143 Å². The minimum Gasteiger partial charge on any atom is -0.405 e. The summed E-state index contributed by atoms with van der Waals surface area (Å²) in [6.07, 6.45) is -5.01. The number of ether oxygens (including phenoxy) is 3. The molecule has 1 aliphatic heterocycles. The Hall–Kier alpha value is -2.09. The topological polar surface area (TPSA) is 39.7 Å². The summed E-state index contributed by atoms with van der Waals surface area (Å²) in [4.78, 5) is 0. The largest absolute Gasteiger partial charge is 0.573 e. The molecule has 1 N–H and O–H groups in total. The third kappa shape index (κ3) is 5.19. The van der Waals surface area contributed by atoms with Crippen LogP contribution in [0.2, 0.25) is 0 Å². The van der Waals surface area contributed by atoms with Gasteiger partial charge in [0.2, 0.25) is 0 Å². The van der Waals surface area contributed by atoms with Crippen molar-refractivity contribution in [2.45, 2.75) is 25.7 Å². The molecule has 1 saturated heterocycles. The summed E-state index contributed by atoms with van der Waals surface area (Å²) in [5, 5.41) is 3.12. The van der Waals surface area contributed by atoms with Crippen LogP contribution in [0.4, 0.5) is 13.2 Å². The molecule has 2 aromatic rings. The molecule has 0 bridgehead atoms. The fraction of sp³-hybridized carbons (Fsp3) is 0.333. The molecule has 4 nitrogen and oxygen atoms in total. The van der Waals surface area contributed by atoms with Crippen LogP contribution >= 0.6 is 0 Å². The van der Waals surface area contributed by atoms with E-state index in [4.69, 9.17) is 9.47 Å². The lowest BCUT2D eigenvalue weighted by molar-refractivity contribution is -0.274. The van der Waals surface area contributed by atoms with Gasteiger partial charge in [0.25, 0.3) is 0 Å². The summed E-state index contributed by atoms with van der Waals surface area (Å²) < 4.78 is 52.1. The molecule has 0 spiro atoms. The van der Waals surface area contributed by atoms with E-state index >= 15 is 0 Å². The first-order valence-corrected chi connectivity index (χ1v) is 7.88. The first-order valence-electron chi connectivity index (χ1n) is 7.88. The van der Waals surface area contributed by atoms with Crippen molar-refractivity contribution < 1.29 is 27.4 Å². The smallest absolute Gasteiger partial charge is 0.405 e. The molecule has 2 aromatic carbocycles. The molecule has 0 atom stereocenters. The van der Waals surface area contributed by atoms with E-state index in [1.807, 2.05) is 24.3 Å². The highest BCUT2D eigenvalue weighted by Gasteiger charge is 2.31. The van der Waals surface area contributed by atoms with E-state index in [0.717, 1.165) is 11.1 Å². The van der Waals surface area contributed by atoms with Crippen LogP contribution in [0.1, 0.15) is 23.0 Å². The monoisotopic (exact) mass is 353 g/mol. The van der Waals surface area contributed by atoms with Gasteiger partial charge in [-0.1, -0.05) is 42.5 Å². The maximum atomic E-state index is 12.4. The zero-order valence-corrected chi connectivity index (χ0v) is 13.4. The van der Waals surface area contributed by atoms with Crippen LogP contribution in [0.25, 0.3) is 0 Å². The van der Waals surface area contributed by atoms with Gasteiger partial charge in [0.1, 0.15) is 5.75 Å². The average Bonchev–Trinajstić information content (AvgIpc) is 3.10. The zero-order chi connectivity index (χ0) is 17.7. The van der Waals surface area contributed by atoms with E-state index in [1.165, 1.54) is 12.1 Å². The second kappa shape index (κ2) is 7.86. The molecule has 3 rings (SSSR count). The highest BCUT2D eigenvalue weighted by atomic mass is 19.4.